The van der Waals surface area contributed by atoms with Gasteiger partial charge in [0.15, 0.2) is 5.79 Å². The average molecular weight is 214 g/mol. The van der Waals surface area contributed by atoms with Gasteiger partial charge < -0.3 is 14.6 Å². The van der Waals surface area contributed by atoms with Crippen LogP contribution >= 0.6 is 0 Å². The van der Waals surface area contributed by atoms with E-state index in [1.54, 1.807) is 0 Å². The summed E-state index contributed by atoms with van der Waals surface area (Å²) in [5, 5.41) is 9.33. The highest BCUT2D eigenvalue weighted by atomic mass is 16.7. The molecule has 86 valence electrons. The molecule has 2 fully saturated rings. The van der Waals surface area contributed by atoms with Crippen molar-refractivity contribution in [3.63, 3.8) is 0 Å². The highest BCUT2D eigenvalue weighted by Crippen LogP contribution is 2.67. The van der Waals surface area contributed by atoms with Crippen molar-refractivity contribution in [3.05, 3.63) is 0 Å². The summed E-state index contributed by atoms with van der Waals surface area (Å²) in [4.78, 5) is 11.4. The molecule has 0 amide bonds. The largest absolute Gasteiger partial charge is 0.481 e. The fourth-order valence-electron chi connectivity index (χ4n) is 2.64. The smallest absolute Gasteiger partial charge is 0.312 e. The zero-order valence-electron chi connectivity index (χ0n) is 9.66. The Kier molecular flexibility index (Phi) is 1.99. The average Bonchev–Trinajstić information content (AvgIpc) is 2.45. The van der Waals surface area contributed by atoms with E-state index in [-0.39, 0.29) is 11.5 Å². The van der Waals surface area contributed by atoms with Crippen LogP contribution < -0.4 is 0 Å². The fraction of sp³-hybridized carbons (Fsp3) is 0.909. The second-order valence-corrected chi connectivity index (χ2v) is 5.65. The van der Waals surface area contributed by atoms with Gasteiger partial charge in [0.1, 0.15) is 11.5 Å². The Labute approximate surface area is 89.6 Å². The third-order valence-corrected chi connectivity index (χ3v) is 3.74. The highest BCUT2D eigenvalue weighted by molar-refractivity contribution is 5.80. The minimum Gasteiger partial charge on any atom is -0.481 e. The van der Waals surface area contributed by atoms with Crippen molar-refractivity contribution in [1.29, 1.82) is 0 Å². The zero-order valence-corrected chi connectivity index (χ0v) is 9.66. The van der Waals surface area contributed by atoms with Crippen molar-refractivity contribution >= 4 is 5.97 Å². The second-order valence-electron chi connectivity index (χ2n) is 5.65. The Morgan fingerprint density at radius 2 is 1.87 bits per heavy atom. The molecule has 0 aromatic rings. The molecule has 1 aliphatic carbocycles. The predicted octanol–water partition coefficient (Wildman–Crippen LogP) is 1.64. The number of ether oxygens (including phenoxy) is 2. The van der Waals surface area contributed by atoms with E-state index in [4.69, 9.17) is 9.47 Å². The van der Waals surface area contributed by atoms with Gasteiger partial charge >= 0.3 is 5.97 Å². The maximum atomic E-state index is 11.4. The number of hydrogen-bond donors (Lipinski definition) is 1. The minimum atomic E-state index is -0.765. The van der Waals surface area contributed by atoms with E-state index in [2.05, 4.69) is 0 Å². The predicted molar refractivity (Wildman–Crippen MR) is 53.4 cm³/mol. The molecule has 1 N–H and O–H groups in total. The summed E-state index contributed by atoms with van der Waals surface area (Å²) in [6, 6.07) is 0. The van der Waals surface area contributed by atoms with Gasteiger partial charge in [-0.25, -0.2) is 0 Å². The third-order valence-electron chi connectivity index (χ3n) is 3.74. The molecule has 15 heavy (non-hydrogen) atoms. The van der Waals surface area contributed by atoms with Gasteiger partial charge in [0.05, 0.1) is 6.61 Å². The van der Waals surface area contributed by atoms with E-state index in [1.807, 2.05) is 27.7 Å². The van der Waals surface area contributed by atoms with Crippen LogP contribution in [0.15, 0.2) is 0 Å². The van der Waals surface area contributed by atoms with Crippen molar-refractivity contribution in [1.82, 2.24) is 0 Å². The first-order chi connectivity index (χ1) is 6.71. The first kappa shape index (κ1) is 10.9. The number of hydrogen-bond acceptors (Lipinski definition) is 3. The molecule has 0 radical (unpaired) electrons. The van der Waals surface area contributed by atoms with Gasteiger partial charge in [0.2, 0.25) is 0 Å². The topological polar surface area (TPSA) is 55.8 Å². The van der Waals surface area contributed by atoms with Crippen LogP contribution in [-0.4, -0.2) is 29.6 Å². The van der Waals surface area contributed by atoms with Crippen molar-refractivity contribution in [3.8, 4) is 0 Å². The molecule has 2 unspecified atom stereocenters. The molecular weight excluding hydrogens is 196 g/mol. The number of carbonyl (C=O) groups is 1. The lowest BCUT2D eigenvalue weighted by Gasteiger charge is -2.23. The van der Waals surface area contributed by atoms with Gasteiger partial charge in [0.25, 0.3) is 0 Å². The summed E-state index contributed by atoms with van der Waals surface area (Å²) in [6.07, 6.45) is 0.347. The second kappa shape index (κ2) is 2.74. The molecule has 0 aromatic carbocycles. The van der Waals surface area contributed by atoms with Crippen LogP contribution in [0.5, 0.6) is 0 Å². The lowest BCUT2D eigenvalue weighted by molar-refractivity contribution is -0.165. The number of carboxylic acids is 1. The van der Waals surface area contributed by atoms with Crippen LogP contribution in [0.2, 0.25) is 0 Å². The number of carboxylic acid groups (broad SMARTS) is 1. The van der Waals surface area contributed by atoms with E-state index in [9.17, 15) is 9.90 Å². The monoisotopic (exact) mass is 214 g/mol. The molecule has 1 saturated heterocycles. The molecule has 2 rings (SSSR count). The van der Waals surface area contributed by atoms with E-state index >= 15 is 0 Å². The summed E-state index contributed by atoms with van der Waals surface area (Å²) in [7, 11) is 0. The molecule has 4 heteroatoms. The van der Waals surface area contributed by atoms with Crippen LogP contribution in [-0.2, 0) is 14.3 Å². The van der Waals surface area contributed by atoms with Crippen molar-refractivity contribution in [2.45, 2.75) is 46.0 Å². The van der Waals surface area contributed by atoms with Crippen LogP contribution in [0.25, 0.3) is 0 Å². The molecule has 2 atom stereocenters. The highest BCUT2D eigenvalue weighted by Gasteiger charge is 2.72. The first-order valence-corrected chi connectivity index (χ1v) is 5.26. The van der Waals surface area contributed by atoms with Crippen LogP contribution in [0.3, 0.4) is 0 Å². The standard InChI is InChI=1S/C11H18O4/c1-9(2)6-11(9,8(12)13)7-5-14-10(3,4)15-7/h7H,5-6H2,1-4H3,(H,12,13). The van der Waals surface area contributed by atoms with E-state index in [1.165, 1.54) is 0 Å². The lowest BCUT2D eigenvalue weighted by atomic mass is 9.90. The zero-order chi connectivity index (χ0) is 11.5. The van der Waals surface area contributed by atoms with Crippen molar-refractivity contribution in [2.75, 3.05) is 6.61 Å². The number of rotatable bonds is 2. The van der Waals surface area contributed by atoms with Crippen LogP contribution in [0.1, 0.15) is 34.1 Å². The molecule has 4 nitrogen and oxygen atoms in total. The molecule has 1 aliphatic heterocycles. The van der Waals surface area contributed by atoms with Gasteiger partial charge in [-0.15, -0.1) is 0 Å². The molecule has 2 aliphatic rings. The summed E-state index contributed by atoms with van der Waals surface area (Å²) in [5.41, 5.74) is -0.936. The summed E-state index contributed by atoms with van der Waals surface area (Å²) >= 11 is 0. The summed E-state index contributed by atoms with van der Waals surface area (Å²) in [6.45, 7) is 7.95. The Bertz CT molecular complexity index is 308. The summed E-state index contributed by atoms with van der Waals surface area (Å²) < 4.78 is 11.1. The quantitative estimate of drug-likeness (QED) is 0.759. The first-order valence-electron chi connectivity index (χ1n) is 5.26. The maximum Gasteiger partial charge on any atom is 0.312 e. The fourth-order valence-corrected chi connectivity index (χ4v) is 2.64. The van der Waals surface area contributed by atoms with E-state index in [0.717, 1.165) is 0 Å². The van der Waals surface area contributed by atoms with Gasteiger partial charge in [0, 0.05) is 0 Å². The Hall–Kier alpha value is -0.610. The van der Waals surface area contributed by atoms with Gasteiger partial charge in [-0.05, 0) is 25.7 Å². The molecule has 0 bridgehead atoms. The van der Waals surface area contributed by atoms with E-state index < -0.39 is 17.2 Å². The van der Waals surface area contributed by atoms with Gasteiger partial charge in [-0.3, -0.25) is 4.79 Å². The van der Waals surface area contributed by atoms with Crippen LogP contribution in [0, 0.1) is 10.8 Å². The molecule has 1 saturated carbocycles. The lowest BCUT2D eigenvalue weighted by Crippen LogP contribution is -2.37. The third kappa shape index (κ3) is 1.39. The van der Waals surface area contributed by atoms with E-state index in [0.29, 0.717) is 13.0 Å². The molecule has 1 heterocycles. The van der Waals surface area contributed by atoms with Gasteiger partial charge in [-0.2, -0.15) is 0 Å². The molecular formula is C11H18O4. The van der Waals surface area contributed by atoms with Crippen molar-refractivity contribution < 1.29 is 19.4 Å². The number of aliphatic carboxylic acids is 1. The Balaban J connectivity index is 2.21. The van der Waals surface area contributed by atoms with Crippen LogP contribution in [0.4, 0.5) is 0 Å². The normalized spacial score (nSPS) is 41.5. The van der Waals surface area contributed by atoms with Crippen molar-refractivity contribution in [2.24, 2.45) is 10.8 Å². The molecule has 0 aromatic heterocycles. The van der Waals surface area contributed by atoms with Gasteiger partial charge in [-0.1, -0.05) is 13.8 Å². The Morgan fingerprint density at radius 1 is 1.33 bits per heavy atom. The Morgan fingerprint density at radius 3 is 2.13 bits per heavy atom. The minimum absolute atomic E-state index is 0.187. The maximum absolute atomic E-state index is 11.4. The molecule has 0 spiro atoms. The SMILES string of the molecule is CC1(C)OCC(C2(C(=O)O)CC2(C)C)O1. The summed E-state index contributed by atoms with van der Waals surface area (Å²) in [5.74, 6) is -1.41.